The van der Waals surface area contributed by atoms with Crippen LogP contribution in [0.15, 0.2) is 30.5 Å². The summed E-state index contributed by atoms with van der Waals surface area (Å²) < 4.78 is 14.9. The average molecular weight is 247 g/mol. The Hall–Kier alpha value is -1.84. The summed E-state index contributed by atoms with van der Waals surface area (Å²) >= 11 is 0. The van der Waals surface area contributed by atoms with Gasteiger partial charge in [0, 0.05) is 18.8 Å². The largest absolute Gasteiger partial charge is 0.352 e. The number of hydrogen-bond acceptors (Lipinski definition) is 2. The van der Waals surface area contributed by atoms with Gasteiger partial charge < -0.3 is 9.88 Å². The van der Waals surface area contributed by atoms with Gasteiger partial charge in [0.1, 0.15) is 5.82 Å². The van der Waals surface area contributed by atoms with Crippen molar-refractivity contribution in [3.05, 3.63) is 47.5 Å². The van der Waals surface area contributed by atoms with Crippen LogP contribution in [0.2, 0.25) is 0 Å². The van der Waals surface area contributed by atoms with Gasteiger partial charge in [-0.1, -0.05) is 12.1 Å². The third-order valence-electron chi connectivity index (χ3n) is 2.77. The summed E-state index contributed by atoms with van der Waals surface area (Å²) in [6, 6.07) is 6.85. The second-order valence-electron chi connectivity index (χ2n) is 4.69. The van der Waals surface area contributed by atoms with E-state index in [9.17, 15) is 4.39 Å². The molecule has 1 heterocycles. The second-order valence-corrected chi connectivity index (χ2v) is 4.69. The first-order chi connectivity index (χ1) is 8.56. The molecule has 1 aromatic heterocycles. The molecule has 0 radical (unpaired) electrons. The van der Waals surface area contributed by atoms with Crippen molar-refractivity contribution in [2.45, 2.75) is 33.4 Å². The lowest BCUT2D eigenvalue weighted by Gasteiger charge is -2.12. The molecular formula is C14H18FN3. The van der Waals surface area contributed by atoms with Crippen LogP contribution in [0.1, 0.15) is 31.1 Å². The Morgan fingerprint density at radius 1 is 1.28 bits per heavy atom. The van der Waals surface area contributed by atoms with E-state index in [1.807, 2.05) is 13.1 Å². The Labute approximate surface area is 107 Å². The minimum atomic E-state index is -0.210. The fourth-order valence-corrected chi connectivity index (χ4v) is 1.82. The Morgan fingerprint density at radius 2 is 1.94 bits per heavy atom. The van der Waals surface area contributed by atoms with E-state index in [4.69, 9.17) is 0 Å². The van der Waals surface area contributed by atoms with Crippen LogP contribution in [0, 0.1) is 12.7 Å². The number of benzene rings is 1. The molecule has 3 nitrogen and oxygen atoms in total. The first-order valence-corrected chi connectivity index (χ1v) is 6.10. The summed E-state index contributed by atoms with van der Waals surface area (Å²) in [6.45, 7) is 6.85. The number of aryl methyl sites for hydroxylation is 1. The molecule has 2 aromatic rings. The molecular weight excluding hydrogens is 229 g/mol. The summed E-state index contributed by atoms with van der Waals surface area (Å²) in [5.41, 5.74) is 2.03. The highest BCUT2D eigenvalue weighted by Crippen LogP contribution is 2.16. The molecule has 0 atom stereocenters. The molecule has 96 valence electrons. The minimum Gasteiger partial charge on any atom is -0.352 e. The molecule has 0 bridgehead atoms. The Kier molecular flexibility index (Phi) is 3.65. The molecule has 2 rings (SSSR count). The molecule has 0 spiro atoms. The van der Waals surface area contributed by atoms with E-state index < -0.39 is 0 Å². The van der Waals surface area contributed by atoms with Crippen LogP contribution >= 0.6 is 0 Å². The second kappa shape index (κ2) is 5.21. The molecule has 0 aliphatic carbocycles. The number of nitrogens with zero attached hydrogens (tertiary/aromatic N) is 2. The third-order valence-corrected chi connectivity index (χ3v) is 2.77. The normalized spacial score (nSPS) is 10.9. The van der Waals surface area contributed by atoms with Crippen molar-refractivity contribution < 1.29 is 4.39 Å². The van der Waals surface area contributed by atoms with Crippen LogP contribution in [-0.2, 0) is 6.54 Å². The highest BCUT2D eigenvalue weighted by atomic mass is 19.1. The smallest absolute Gasteiger partial charge is 0.203 e. The molecule has 0 saturated heterocycles. The van der Waals surface area contributed by atoms with Crippen molar-refractivity contribution >= 4 is 5.95 Å². The van der Waals surface area contributed by atoms with Crippen LogP contribution in [0.25, 0.3) is 0 Å². The third kappa shape index (κ3) is 2.88. The maximum atomic E-state index is 12.8. The van der Waals surface area contributed by atoms with Crippen molar-refractivity contribution in [1.82, 2.24) is 9.55 Å². The van der Waals surface area contributed by atoms with E-state index in [-0.39, 0.29) is 5.82 Å². The fourth-order valence-electron chi connectivity index (χ4n) is 1.82. The first kappa shape index (κ1) is 12.6. The number of nitrogens with one attached hydrogen (secondary N) is 1. The van der Waals surface area contributed by atoms with Gasteiger partial charge in [0.15, 0.2) is 0 Å². The summed E-state index contributed by atoms with van der Waals surface area (Å²) in [5, 5.41) is 3.28. The fraction of sp³-hybridized carbons (Fsp3) is 0.357. The number of hydrogen-bond donors (Lipinski definition) is 1. The van der Waals surface area contributed by atoms with E-state index in [1.54, 1.807) is 12.1 Å². The quantitative estimate of drug-likeness (QED) is 0.895. The summed E-state index contributed by atoms with van der Waals surface area (Å²) in [4.78, 5) is 4.44. The first-order valence-electron chi connectivity index (χ1n) is 6.10. The number of imidazole rings is 1. The maximum Gasteiger partial charge on any atom is 0.203 e. The molecule has 0 aliphatic heterocycles. The van der Waals surface area contributed by atoms with Gasteiger partial charge in [0.05, 0.1) is 5.69 Å². The summed E-state index contributed by atoms with van der Waals surface area (Å²) in [6.07, 6.45) is 2.03. The van der Waals surface area contributed by atoms with Crippen LogP contribution in [0.3, 0.4) is 0 Å². The van der Waals surface area contributed by atoms with E-state index in [0.29, 0.717) is 12.6 Å². The molecule has 4 heteroatoms. The van der Waals surface area contributed by atoms with E-state index >= 15 is 0 Å². The Morgan fingerprint density at radius 3 is 2.56 bits per heavy atom. The number of anilines is 1. The Balaban J connectivity index is 2.08. The van der Waals surface area contributed by atoms with Gasteiger partial charge in [-0.05, 0) is 38.5 Å². The molecule has 0 saturated carbocycles. The van der Waals surface area contributed by atoms with Gasteiger partial charge in [-0.15, -0.1) is 0 Å². The van der Waals surface area contributed by atoms with Crippen LogP contribution in [0.5, 0.6) is 0 Å². The van der Waals surface area contributed by atoms with E-state index in [2.05, 4.69) is 28.7 Å². The predicted octanol–water partition coefficient (Wildman–Crippen LogP) is 3.52. The molecule has 0 aliphatic rings. The average Bonchev–Trinajstić information content (AvgIpc) is 2.70. The van der Waals surface area contributed by atoms with Crippen molar-refractivity contribution in [1.29, 1.82) is 0 Å². The zero-order valence-electron chi connectivity index (χ0n) is 10.9. The van der Waals surface area contributed by atoms with Gasteiger partial charge in [0.2, 0.25) is 5.95 Å². The SMILES string of the molecule is Cc1cn(C(C)C)c(NCc2ccc(F)cc2)n1. The van der Waals surface area contributed by atoms with Gasteiger partial charge in [-0.25, -0.2) is 9.37 Å². The minimum absolute atomic E-state index is 0.210. The number of rotatable bonds is 4. The molecule has 18 heavy (non-hydrogen) atoms. The maximum absolute atomic E-state index is 12.8. The zero-order valence-corrected chi connectivity index (χ0v) is 10.9. The van der Waals surface area contributed by atoms with Gasteiger partial charge in [-0.3, -0.25) is 0 Å². The number of halogens is 1. The van der Waals surface area contributed by atoms with Crippen LogP contribution < -0.4 is 5.32 Å². The lowest BCUT2D eigenvalue weighted by Crippen LogP contribution is -2.08. The molecule has 0 fully saturated rings. The monoisotopic (exact) mass is 247 g/mol. The van der Waals surface area contributed by atoms with E-state index in [1.165, 1.54) is 12.1 Å². The molecule has 0 amide bonds. The molecule has 0 unspecified atom stereocenters. The highest BCUT2D eigenvalue weighted by Gasteiger charge is 2.07. The van der Waals surface area contributed by atoms with Gasteiger partial charge >= 0.3 is 0 Å². The molecule has 1 aromatic carbocycles. The zero-order chi connectivity index (χ0) is 13.1. The lowest BCUT2D eigenvalue weighted by atomic mass is 10.2. The lowest BCUT2D eigenvalue weighted by molar-refractivity contribution is 0.604. The van der Waals surface area contributed by atoms with Crippen molar-refractivity contribution in [3.63, 3.8) is 0 Å². The number of aromatic nitrogens is 2. The topological polar surface area (TPSA) is 29.9 Å². The highest BCUT2D eigenvalue weighted by molar-refractivity contribution is 5.31. The Bertz CT molecular complexity index is 514. The van der Waals surface area contributed by atoms with Crippen molar-refractivity contribution in [2.24, 2.45) is 0 Å². The van der Waals surface area contributed by atoms with Gasteiger partial charge in [-0.2, -0.15) is 0 Å². The van der Waals surface area contributed by atoms with E-state index in [0.717, 1.165) is 17.2 Å². The molecule has 1 N–H and O–H groups in total. The van der Waals surface area contributed by atoms with Crippen molar-refractivity contribution in [3.8, 4) is 0 Å². The standard InChI is InChI=1S/C14H18FN3/c1-10(2)18-9-11(3)17-14(18)16-8-12-4-6-13(15)7-5-12/h4-7,9-10H,8H2,1-3H3,(H,16,17). The van der Waals surface area contributed by atoms with Gasteiger partial charge in [0.25, 0.3) is 0 Å². The van der Waals surface area contributed by atoms with Crippen molar-refractivity contribution in [2.75, 3.05) is 5.32 Å². The predicted molar refractivity (Wildman–Crippen MR) is 71.1 cm³/mol. The summed E-state index contributed by atoms with van der Waals surface area (Å²) in [5.74, 6) is 0.644. The van der Waals surface area contributed by atoms with Crippen LogP contribution in [0.4, 0.5) is 10.3 Å². The van der Waals surface area contributed by atoms with Crippen LogP contribution in [-0.4, -0.2) is 9.55 Å². The summed E-state index contributed by atoms with van der Waals surface area (Å²) in [7, 11) is 0.